The number of carbonyl (C=O) groups is 1. The van der Waals surface area contributed by atoms with Gasteiger partial charge in [-0.25, -0.2) is 9.37 Å². The molecule has 2 aromatic heterocycles. The van der Waals surface area contributed by atoms with Crippen LogP contribution >= 0.6 is 11.3 Å². The van der Waals surface area contributed by atoms with Crippen LogP contribution in [-0.2, 0) is 17.9 Å². The number of hydrogen-bond donors (Lipinski definition) is 1. The number of amides is 1. The van der Waals surface area contributed by atoms with Crippen molar-refractivity contribution in [2.45, 2.75) is 20.0 Å². The van der Waals surface area contributed by atoms with Crippen molar-refractivity contribution < 1.29 is 13.9 Å². The van der Waals surface area contributed by atoms with Crippen LogP contribution in [0, 0.1) is 12.7 Å². The second-order valence-corrected chi connectivity index (χ2v) is 7.62. The average molecular weight is 411 g/mol. The Morgan fingerprint density at radius 3 is 2.86 bits per heavy atom. The van der Waals surface area contributed by atoms with Crippen molar-refractivity contribution in [3.8, 4) is 5.75 Å². The third-order valence-electron chi connectivity index (χ3n) is 4.67. The summed E-state index contributed by atoms with van der Waals surface area (Å²) in [5.74, 6) is 0.345. The molecule has 0 saturated carbocycles. The molecule has 2 aromatic carbocycles. The molecular weight excluding hydrogens is 393 g/mol. The molecule has 0 fully saturated rings. The molecule has 0 aliphatic rings. The van der Waals surface area contributed by atoms with Gasteiger partial charge >= 0.3 is 0 Å². The first-order valence-corrected chi connectivity index (χ1v) is 9.77. The first-order chi connectivity index (χ1) is 14.0. The summed E-state index contributed by atoms with van der Waals surface area (Å²) in [4.78, 5) is 29.8. The summed E-state index contributed by atoms with van der Waals surface area (Å²) in [5, 5.41) is 3.15. The van der Waals surface area contributed by atoms with Gasteiger partial charge in [-0.05, 0) is 36.8 Å². The zero-order valence-corrected chi connectivity index (χ0v) is 16.7. The fourth-order valence-corrected chi connectivity index (χ4v) is 4.31. The molecule has 0 bridgehead atoms. The summed E-state index contributed by atoms with van der Waals surface area (Å²) in [7, 11) is 1.58. The molecule has 0 spiro atoms. The number of nitrogens with zero attached hydrogens (tertiary/aromatic N) is 2. The number of aromatic nitrogens is 2. The van der Waals surface area contributed by atoms with E-state index in [1.165, 1.54) is 22.0 Å². The number of halogens is 1. The van der Waals surface area contributed by atoms with E-state index in [4.69, 9.17) is 4.74 Å². The van der Waals surface area contributed by atoms with Crippen molar-refractivity contribution >= 4 is 37.5 Å². The number of thiophene rings is 1. The third kappa shape index (κ3) is 3.58. The molecule has 6 nitrogen and oxygen atoms in total. The Bertz CT molecular complexity index is 1300. The van der Waals surface area contributed by atoms with Gasteiger partial charge in [0.15, 0.2) is 0 Å². The van der Waals surface area contributed by atoms with E-state index in [2.05, 4.69) is 10.3 Å². The van der Waals surface area contributed by atoms with Crippen LogP contribution in [0.25, 0.3) is 20.3 Å². The van der Waals surface area contributed by atoms with Gasteiger partial charge in [-0.15, -0.1) is 11.3 Å². The Balaban J connectivity index is 1.60. The largest absolute Gasteiger partial charge is 0.497 e. The molecular formula is C21H18FN3O3S. The zero-order chi connectivity index (χ0) is 20.5. The van der Waals surface area contributed by atoms with E-state index in [9.17, 15) is 14.0 Å². The minimum absolute atomic E-state index is 0.158. The molecule has 29 heavy (non-hydrogen) atoms. The standard InChI is InChI=1S/C21H18FN3O3S/c1-12-24-19-18-15(22)7-4-8-16(18)29-20(19)21(27)25(12)11-17(26)23-10-13-5-3-6-14(9-13)28-2/h3-9H,10-11H2,1-2H3,(H,23,26). The quantitative estimate of drug-likeness (QED) is 0.546. The highest BCUT2D eigenvalue weighted by atomic mass is 32.1. The monoisotopic (exact) mass is 411 g/mol. The van der Waals surface area contributed by atoms with Crippen LogP contribution in [0.1, 0.15) is 11.4 Å². The van der Waals surface area contributed by atoms with Crippen LogP contribution in [0.3, 0.4) is 0 Å². The average Bonchev–Trinajstić information content (AvgIpc) is 3.09. The molecule has 1 N–H and O–H groups in total. The second kappa shape index (κ2) is 7.63. The first kappa shape index (κ1) is 19.1. The first-order valence-electron chi connectivity index (χ1n) is 8.95. The number of aryl methyl sites for hydroxylation is 1. The molecule has 0 aliphatic heterocycles. The van der Waals surface area contributed by atoms with Crippen molar-refractivity contribution in [3.63, 3.8) is 0 Å². The van der Waals surface area contributed by atoms with E-state index in [1.807, 2.05) is 24.3 Å². The van der Waals surface area contributed by atoms with Crippen molar-refractivity contribution in [1.82, 2.24) is 14.9 Å². The van der Waals surface area contributed by atoms with E-state index >= 15 is 0 Å². The van der Waals surface area contributed by atoms with Gasteiger partial charge in [0.25, 0.3) is 5.56 Å². The van der Waals surface area contributed by atoms with Crippen molar-refractivity contribution in [2.75, 3.05) is 7.11 Å². The molecule has 0 atom stereocenters. The molecule has 4 aromatic rings. The van der Waals surface area contributed by atoms with Crippen molar-refractivity contribution in [1.29, 1.82) is 0 Å². The third-order valence-corrected chi connectivity index (χ3v) is 5.80. The SMILES string of the molecule is COc1cccc(CNC(=O)Cn2c(C)nc3c(sc4cccc(F)c43)c2=O)c1. The highest BCUT2D eigenvalue weighted by molar-refractivity contribution is 7.25. The summed E-state index contributed by atoms with van der Waals surface area (Å²) in [6, 6.07) is 12.1. The molecule has 4 rings (SSSR count). The molecule has 2 heterocycles. The summed E-state index contributed by atoms with van der Waals surface area (Å²) in [6.45, 7) is 1.79. The lowest BCUT2D eigenvalue weighted by Gasteiger charge is -2.10. The Hall–Kier alpha value is -3.26. The number of ether oxygens (including phenoxy) is 1. The normalized spacial score (nSPS) is 11.1. The zero-order valence-electron chi connectivity index (χ0n) is 15.9. The van der Waals surface area contributed by atoms with Gasteiger partial charge in [-0.3, -0.25) is 14.2 Å². The fourth-order valence-electron chi connectivity index (χ4n) is 3.20. The number of carbonyl (C=O) groups excluding carboxylic acids is 1. The van der Waals surface area contributed by atoms with Crippen molar-refractivity contribution in [3.05, 3.63) is 70.0 Å². The Labute approximate surface area is 169 Å². The maximum absolute atomic E-state index is 14.2. The number of hydrogen-bond acceptors (Lipinski definition) is 5. The molecule has 0 radical (unpaired) electrons. The van der Waals surface area contributed by atoms with Crippen LogP contribution in [0.2, 0.25) is 0 Å². The lowest BCUT2D eigenvalue weighted by Crippen LogP contribution is -2.33. The number of benzene rings is 2. The van der Waals surface area contributed by atoms with Crippen LogP contribution in [0.4, 0.5) is 4.39 Å². The summed E-state index contributed by atoms with van der Waals surface area (Å²) < 4.78 is 21.7. The summed E-state index contributed by atoms with van der Waals surface area (Å²) in [6.07, 6.45) is 0. The van der Waals surface area contributed by atoms with Crippen LogP contribution in [-0.4, -0.2) is 22.6 Å². The highest BCUT2D eigenvalue weighted by Crippen LogP contribution is 2.32. The lowest BCUT2D eigenvalue weighted by molar-refractivity contribution is -0.121. The van der Waals surface area contributed by atoms with Gasteiger partial charge in [0.1, 0.15) is 28.6 Å². The van der Waals surface area contributed by atoms with E-state index < -0.39 is 5.82 Å². The van der Waals surface area contributed by atoms with E-state index in [1.54, 1.807) is 26.2 Å². The van der Waals surface area contributed by atoms with Crippen LogP contribution < -0.4 is 15.6 Å². The summed E-state index contributed by atoms with van der Waals surface area (Å²) >= 11 is 1.19. The van der Waals surface area contributed by atoms with E-state index in [-0.39, 0.29) is 18.0 Å². The Morgan fingerprint density at radius 2 is 2.07 bits per heavy atom. The Kier molecular flexibility index (Phi) is 5.02. The van der Waals surface area contributed by atoms with E-state index in [0.29, 0.717) is 38.4 Å². The van der Waals surface area contributed by atoms with Gasteiger partial charge in [-0.1, -0.05) is 18.2 Å². The number of methoxy groups -OCH3 is 1. The predicted octanol–water partition coefficient (Wildman–Crippen LogP) is 3.38. The topological polar surface area (TPSA) is 73.2 Å². The smallest absolute Gasteiger partial charge is 0.272 e. The van der Waals surface area contributed by atoms with Crippen LogP contribution in [0.5, 0.6) is 5.75 Å². The van der Waals surface area contributed by atoms with Gasteiger partial charge in [-0.2, -0.15) is 0 Å². The lowest BCUT2D eigenvalue weighted by atomic mass is 10.2. The van der Waals surface area contributed by atoms with Crippen LogP contribution in [0.15, 0.2) is 47.3 Å². The molecule has 148 valence electrons. The number of nitrogens with one attached hydrogen (secondary N) is 1. The van der Waals surface area contributed by atoms with E-state index in [0.717, 1.165) is 5.56 Å². The van der Waals surface area contributed by atoms with Crippen molar-refractivity contribution in [2.24, 2.45) is 0 Å². The van der Waals surface area contributed by atoms with Gasteiger partial charge in [0.05, 0.1) is 18.0 Å². The molecule has 0 aliphatic carbocycles. The molecule has 0 saturated heterocycles. The fraction of sp³-hybridized carbons (Fsp3) is 0.190. The maximum Gasteiger partial charge on any atom is 0.272 e. The Morgan fingerprint density at radius 1 is 1.28 bits per heavy atom. The number of fused-ring (bicyclic) bond motifs is 3. The molecule has 1 amide bonds. The second-order valence-electron chi connectivity index (χ2n) is 6.57. The predicted molar refractivity (Wildman–Crippen MR) is 111 cm³/mol. The minimum Gasteiger partial charge on any atom is -0.497 e. The van der Waals surface area contributed by atoms with Gasteiger partial charge in [0, 0.05) is 11.2 Å². The highest BCUT2D eigenvalue weighted by Gasteiger charge is 2.17. The maximum atomic E-state index is 14.2. The molecule has 8 heteroatoms. The summed E-state index contributed by atoms with van der Waals surface area (Å²) in [5.41, 5.74) is 0.888. The molecule has 0 unspecified atom stereocenters. The van der Waals surface area contributed by atoms with Gasteiger partial charge in [0.2, 0.25) is 5.91 Å². The minimum atomic E-state index is -0.408. The van der Waals surface area contributed by atoms with Gasteiger partial charge < -0.3 is 10.1 Å². The number of rotatable bonds is 5.